The molecule has 1 aliphatic carbocycles. The molecular weight excluding hydrogens is 452 g/mol. The number of amides is 1. The molecule has 0 saturated heterocycles. The van der Waals surface area contributed by atoms with Crippen molar-refractivity contribution in [3.05, 3.63) is 46.4 Å². The van der Waals surface area contributed by atoms with Crippen molar-refractivity contribution in [1.82, 2.24) is 9.97 Å². The highest BCUT2D eigenvalue weighted by Gasteiger charge is 2.55. The Morgan fingerprint density at radius 3 is 2.28 bits per heavy atom. The summed E-state index contributed by atoms with van der Waals surface area (Å²) in [6.45, 7) is 10.8. The van der Waals surface area contributed by atoms with E-state index in [1.165, 1.54) is 4.90 Å². The van der Waals surface area contributed by atoms with Gasteiger partial charge in [-0.15, -0.1) is 0 Å². The maximum absolute atomic E-state index is 14.0. The van der Waals surface area contributed by atoms with Crippen molar-refractivity contribution in [2.45, 2.75) is 76.6 Å². The van der Waals surface area contributed by atoms with Crippen molar-refractivity contribution in [3.63, 3.8) is 0 Å². The summed E-state index contributed by atoms with van der Waals surface area (Å²) in [7, 11) is -2.07. The maximum Gasteiger partial charge on any atom is 0.243 e. The fourth-order valence-electron chi connectivity index (χ4n) is 4.33. The molecule has 5 nitrogen and oxygen atoms in total. The number of benzene rings is 1. The van der Waals surface area contributed by atoms with Gasteiger partial charge in [-0.05, 0) is 43.1 Å². The number of hydrogen-bond donors (Lipinski definition) is 0. The van der Waals surface area contributed by atoms with Gasteiger partial charge in [-0.25, -0.2) is 18.7 Å². The van der Waals surface area contributed by atoms with Crippen LogP contribution in [0.4, 0.5) is 20.3 Å². The van der Waals surface area contributed by atoms with Crippen molar-refractivity contribution < 1.29 is 18.0 Å². The molecule has 0 atom stereocenters. The third-order valence-corrected chi connectivity index (χ3v) is 11.9. The first-order chi connectivity index (χ1) is 14.9. The first-order valence-electron chi connectivity index (χ1n) is 10.9. The van der Waals surface area contributed by atoms with E-state index in [0.29, 0.717) is 30.0 Å². The largest absolute Gasteiger partial charge is 0.409 e. The van der Waals surface area contributed by atoms with E-state index in [4.69, 9.17) is 16.0 Å². The lowest BCUT2D eigenvalue weighted by atomic mass is 9.81. The van der Waals surface area contributed by atoms with Crippen LogP contribution in [0.3, 0.4) is 0 Å². The van der Waals surface area contributed by atoms with E-state index in [0.717, 1.165) is 31.0 Å². The van der Waals surface area contributed by atoms with Gasteiger partial charge in [0.1, 0.15) is 22.6 Å². The highest BCUT2D eigenvalue weighted by atomic mass is 35.5. The summed E-state index contributed by atoms with van der Waals surface area (Å²) in [5.74, 6) is -1.13. The molecule has 2 aromatic rings. The number of nitrogens with zero attached hydrogens (tertiary/aromatic N) is 3. The number of carbonyl (C=O) groups is 1. The SMILES string of the molecule is CC(C)(C)[Si](C)(C)OCc1nc(Cl)c2c(n1)N(c1cc(F)cc(F)c1)C(=O)C21CCCC1. The fraction of sp³-hybridized carbons (Fsp3) is 0.522. The van der Waals surface area contributed by atoms with E-state index in [9.17, 15) is 13.6 Å². The van der Waals surface area contributed by atoms with Crippen LogP contribution in [0.1, 0.15) is 57.8 Å². The van der Waals surface area contributed by atoms with Gasteiger partial charge in [0.25, 0.3) is 0 Å². The number of aromatic nitrogens is 2. The zero-order valence-electron chi connectivity index (χ0n) is 19.1. The van der Waals surface area contributed by atoms with E-state index in [2.05, 4.69) is 43.8 Å². The minimum absolute atomic E-state index is 0.00250. The maximum atomic E-state index is 14.0. The third-order valence-electron chi connectivity index (χ3n) is 7.13. The predicted octanol–water partition coefficient (Wildman–Crippen LogP) is 6.42. The summed E-state index contributed by atoms with van der Waals surface area (Å²) in [5, 5.41) is 0.209. The van der Waals surface area contributed by atoms with Gasteiger partial charge in [0, 0.05) is 11.6 Å². The first-order valence-corrected chi connectivity index (χ1v) is 14.2. The number of anilines is 2. The van der Waals surface area contributed by atoms with Crippen LogP contribution in [-0.2, 0) is 21.2 Å². The van der Waals surface area contributed by atoms with Crippen LogP contribution in [-0.4, -0.2) is 24.2 Å². The lowest BCUT2D eigenvalue weighted by Gasteiger charge is -2.35. The van der Waals surface area contributed by atoms with Crippen LogP contribution < -0.4 is 4.90 Å². The molecule has 0 radical (unpaired) electrons. The molecule has 2 aliphatic rings. The van der Waals surface area contributed by atoms with Crippen LogP contribution in [0.2, 0.25) is 23.3 Å². The van der Waals surface area contributed by atoms with Crippen LogP contribution in [0.5, 0.6) is 0 Å². The van der Waals surface area contributed by atoms with Gasteiger partial charge >= 0.3 is 0 Å². The molecule has 172 valence electrons. The molecule has 4 rings (SSSR count). The molecule has 1 spiro atoms. The number of fused-ring (bicyclic) bond motifs is 2. The van der Waals surface area contributed by atoms with Crippen LogP contribution >= 0.6 is 11.6 Å². The number of hydrogen-bond acceptors (Lipinski definition) is 4. The molecule has 0 unspecified atom stereocenters. The molecule has 1 aromatic carbocycles. The lowest BCUT2D eigenvalue weighted by molar-refractivity contribution is -0.122. The van der Waals surface area contributed by atoms with Gasteiger partial charge in [-0.2, -0.15) is 0 Å². The van der Waals surface area contributed by atoms with Crippen LogP contribution in [0.25, 0.3) is 0 Å². The second-order valence-electron chi connectivity index (χ2n) is 10.2. The second kappa shape index (κ2) is 7.85. The van der Waals surface area contributed by atoms with Gasteiger partial charge in [0.05, 0.1) is 17.7 Å². The van der Waals surface area contributed by atoms with E-state index in [1.807, 2.05) is 0 Å². The summed E-state index contributed by atoms with van der Waals surface area (Å²) in [6, 6.07) is 3.06. The van der Waals surface area contributed by atoms with E-state index >= 15 is 0 Å². The Morgan fingerprint density at radius 2 is 1.72 bits per heavy atom. The van der Waals surface area contributed by atoms with E-state index in [1.54, 1.807) is 0 Å². The minimum Gasteiger partial charge on any atom is -0.409 e. The molecule has 9 heteroatoms. The van der Waals surface area contributed by atoms with Crippen molar-refractivity contribution in [2.24, 2.45) is 0 Å². The van der Waals surface area contributed by atoms with Crippen LogP contribution in [0, 0.1) is 11.6 Å². The second-order valence-corrected chi connectivity index (χ2v) is 15.4. The van der Waals surface area contributed by atoms with Gasteiger partial charge in [-0.1, -0.05) is 45.2 Å². The fourth-order valence-corrected chi connectivity index (χ4v) is 5.62. The monoisotopic (exact) mass is 479 g/mol. The van der Waals surface area contributed by atoms with Crippen molar-refractivity contribution in [1.29, 1.82) is 0 Å². The Balaban J connectivity index is 1.81. The molecule has 0 bridgehead atoms. The average molecular weight is 480 g/mol. The third kappa shape index (κ3) is 3.76. The van der Waals surface area contributed by atoms with E-state index in [-0.39, 0.29) is 28.4 Å². The number of carbonyl (C=O) groups excluding carboxylic acids is 1. The Morgan fingerprint density at radius 1 is 1.12 bits per heavy atom. The zero-order chi connectivity index (χ0) is 23.5. The Bertz CT molecular complexity index is 1060. The summed E-state index contributed by atoms with van der Waals surface area (Å²) in [6.07, 6.45) is 2.94. The zero-order valence-corrected chi connectivity index (χ0v) is 20.8. The number of rotatable bonds is 4. The molecule has 1 aliphatic heterocycles. The molecule has 1 aromatic heterocycles. The molecule has 0 N–H and O–H groups in total. The molecule has 1 saturated carbocycles. The molecule has 2 heterocycles. The highest BCUT2D eigenvalue weighted by molar-refractivity contribution is 6.74. The topological polar surface area (TPSA) is 55.3 Å². The molecule has 32 heavy (non-hydrogen) atoms. The Hall–Kier alpha value is -1.90. The lowest BCUT2D eigenvalue weighted by Crippen LogP contribution is -2.40. The van der Waals surface area contributed by atoms with E-state index < -0.39 is 25.4 Å². The van der Waals surface area contributed by atoms with Crippen molar-refractivity contribution in [3.8, 4) is 0 Å². The van der Waals surface area contributed by atoms with Gasteiger partial charge in [0.15, 0.2) is 14.1 Å². The molecular formula is C23H28ClF2N3O2Si. The van der Waals surface area contributed by atoms with Gasteiger partial charge in [0.2, 0.25) is 5.91 Å². The summed E-state index contributed by atoms with van der Waals surface area (Å²) >= 11 is 6.64. The quantitative estimate of drug-likeness (QED) is 0.375. The van der Waals surface area contributed by atoms with Crippen molar-refractivity contribution in [2.75, 3.05) is 4.90 Å². The highest BCUT2D eigenvalue weighted by Crippen LogP contribution is 2.54. The minimum atomic E-state index is -2.07. The summed E-state index contributed by atoms with van der Waals surface area (Å²) < 4.78 is 34.3. The number of halogens is 3. The Kier molecular flexibility index (Phi) is 5.71. The Labute approximate surface area is 193 Å². The van der Waals surface area contributed by atoms with Crippen molar-refractivity contribution >= 4 is 37.3 Å². The van der Waals surface area contributed by atoms with Gasteiger partial charge in [-0.3, -0.25) is 9.69 Å². The predicted molar refractivity (Wildman–Crippen MR) is 123 cm³/mol. The first kappa shape index (κ1) is 23.3. The summed E-state index contributed by atoms with van der Waals surface area (Å²) in [5.41, 5.74) is -0.195. The average Bonchev–Trinajstić information content (AvgIpc) is 3.23. The van der Waals surface area contributed by atoms with Gasteiger partial charge < -0.3 is 4.43 Å². The molecule has 1 amide bonds. The smallest absolute Gasteiger partial charge is 0.243 e. The van der Waals surface area contributed by atoms with Crippen LogP contribution in [0.15, 0.2) is 18.2 Å². The standard InChI is InChI=1S/C23H28ClF2N3O2Si/c1-22(2,3)32(4,5)31-13-17-27-19(24)18-20(28-17)29(16-11-14(25)10-15(26)12-16)21(30)23(18)8-6-7-9-23/h10-12H,6-9,13H2,1-5H3. The molecule has 1 fully saturated rings. The normalized spacial score (nSPS) is 18.0. The summed E-state index contributed by atoms with van der Waals surface area (Å²) in [4.78, 5) is 24.1.